The van der Waals surface area contributed by atoms with Gasteiger partial charge in [0.2, 0.25) is 0 Å². The van der Waals surface area contributed by atoms with E-state index in [0.717, 1.165) is 15.6 Å². The fourth-order valence-corrected chi connectivity index (χ4v) is 2.62. The summed E-state index contributed by atoms with van der Waals surface area (Å²) in [4.78, 5) is 12.4. The Kier molecular flexibility index (Phi) is 5.02. The summed E-state index contributed by atoms with van der Waals surface area (Å²) >= 11 is 3.37. The Balaban J connectivity index is 2.20. The first kappa shape index (κ1) is 15.6. The van der Waals surface area contributed by atoms with Crippen molar-refractivity contribution in [3.63, 3.8) is 0 Å². The zero-order valence-corrected chi connectivity index (χ0v) is 13.9. The van der Waals surface area contributed by atoms with Crippen molar-refractivity contribution >= 4 is 21.8 Å². The Morgan fingerprint density at radius 2 is 1.95 bits per heavy atom. The van der Waals surface area contributed by atoms with Gasteiger partial charge in [0, 0.05) is 4.47 Å². The van der Waals surface area contributed by atoms with E-state index in [2.05, 4.69) is 21.2 Å². The van der Waals surface area contributed by atoms with Gasteiger partial charge in [-0.2, -0.15) is 0 Å². The summed E-state index contributed by atoms with van der Waals surface area (Å²) in [6.07, 6.45) is 0. The molecule has 0 saturated carbocycles. The van der Waals surface area contributed by atoms with Gasteiger partial charge in [0.15, 0.2) is 0 Å². The molecule has 4 heteroatoms. The molecule has 2 aromatic carbocycles. The Hall–Kier alpha value is -1.81. The second-order valence-electron chi connectivity index (χ2n) is 4.90. The van der Waals surface area contributed by atoms with Crippen LogP contribution in [0.25, 0.3) is 0 Å². The lowest BCUT2D eigenvalue weighted by Crippen LogP contribution is -2.27. The summed E-state index contributed by atoms with van der Waals surface area (Å²) < 4.78 is 6.15. The van der Waals surface area contributed by atoms with E-state index in [1.807, 2.05) is 44.2 Å². The minimum atomic E-state index is -0.143. The predicted molar refractivity (Wildman–Crippen MR) is 87.8 cm³/mol. The summed E-state index contributed by atoms with van der Waals surface area (Å²) in [5.41, 5.74) is 2.80. The van der Waals surface area contributed by atoms with Gasteiger partial charge in [-0.25, -0.2) is 0 Å². The monoisotopic (exact) mass is 347 g/mol. The number of methoxy groups -OCH3 is 1. The van der Waals surface area contributed by atoms with Crippen molar-refractivity contribution in [3.05, 3.63) is 63.6 Å². The molecule has 0 spiro atoms. The predicted octanol–water partition coefficient (Wildman–Crippen LogP) is 4.26. The normalized spacial score (nSPS) is 11.8. The number of aryl methyl sites for hydroxylation is 1. The quantitative estimate of drug-likeness (QED) is 0.897. The molecule has 1 unspecified atom stereocenters. The van der Waals surface area contributed by atoms with Crippen molar-refractivity contribution in [2.45, 2.75) is 19.9 Å². The molecule has 2 rings (SSSR count). The third kappa shape index (κ3) is 3.64. The number of rotatable bonds is 4. The molecule has 1 amide bonds. The summed E-state index contributed by atoms with van der Waals surface area (Å²) in [5.74, 6) is 0.411. The van der Waals surface area contributed by atoms with E-state index in [9.17, 15) is 4.79 Å². The third-order valence-corrected chi connectivity index (χ3v) is 3.90. The molecule has 2 aromatic rings. The highest BCUT2D eigenvalue weighted by atomic mass is 79.9. The Morgan fingerprint density at radius 1 is 1.24 bits per heavy atom. The number of ether oxygens (including phenoxy) is 1. The van der Waals surface area contributed by atoms with Gasteiger partial charge in [-0.1, -0.05) is 40.2 Å². The number of hydrogen-bond donors (Lipinski definition) is 1. The van der Waals surface area contributed by atoms with Crippen molar-refractivity contribution in [1.29, 1.82) is 0 Å². The lowest BCUT2D eigenvalue weighted by atomic mass is 10.0. The first-order valence-electron chi connectivity index (χ1n) is 6.73. The molecular weight excluding hydrogens is 330 g/mol. The Bertz CT molecular complexity index is 655. The van der Waals surface area contributed by atoms with Crippen molar-refractivity contribution in [1.82, 2.24) is 5.32 Å². The topological polar surface area (TPSA) is 38.3 Å². The molecule has 0 aliphatic heterocycles. The summed E-state index contributed by atoms with van der Waals surface area (Å²) in [5, 5.41) is 3.01. The third-order valence-electron chi connectivity index (χ3n) is 3.41. The Labute approximate surface area is 133 Å². The Morgan fingerprint density at radius 3 is 2.62 bits per heavy atom. The molecule has 21 heavy (non-hydrogen) atoms. The van der Waals surface area contributed by atoms with Crippen molar-refractivity contribution in [2.75, 3.05) is 7.11 Å². The second-order valence-corrected chi connectivity index (χ2v) is 5.81. The van der Waals surface area contributed by atoms with Gasteiger partial charge in [-0.3, -0.25) is 4.79 Å². The number of nitrogens with one attached hydrogen (secondary N) is 1. The molecular formula is C17H18BrNO2. The number of benzene rings is 2. The molecule has 110 valence electrons. The molecule has 0 aliphatic rings. The highest BCUT2D eigenvalue weighted by Gasteiger charge is 2.16. The average Bonchev–Trinajstić information content (AvgIpc) is 2.47. The number of halogens is 1. The molecule has 0 heterocycles. The van der Waals surface area contributed by atoms with Gasteiger partial charge in [-0.05, 0) is 43.2 Å². The maximum absolute atomic E-state index is 12.4. The van der Waals surface area contributed by atoms with E-state index in [0.29, 0.717) is 11.3 Å². The summed E-state index contributed by atoms with van der Waals surface area (Å²) in [7, 11) is 1.56. The minimum absolute atomic E-state index is 0.0629. The lowest BCUT2D eigenvalue weighted by molar-refractivity contribution is 0.0937. The van der Waals surface area contributed by atoms with E-state index >= 15 is 0 Å². The van der Waals surface area contributed by atoms with Crippen LogP contribution in [0.3, 0.4) is 0 Å². The number of amides is 1. The highest BCUT2D eigenvalue weighted by molar-refractivity contribution is 9.10. The van der Waals surface area contributed by atoms with Crippen LogP contribution in [0.4, 0.5) is 0 Å². The van der Waals surface area contributed by atoms with Crippen LogP contribution in [0.15, 0.2) is 46.9 Å². The van der Waals surface area contributed by atoms with Crippen LogP contribution < -0.4 is 10.1 Å². The van der Waals surface area contributed by atoms with Crippen LogP contribution in [-0.2, 0) is 0 Å². The van der Waals surface area contributed by atoms with Crippen LogP contribution >= 0.6 is 15.9 Å². The van der Waals surface area contributed by atoms with Crippen LogP contribution in [0.5, 0.6) is 5.75 Å². The molecule has 0 aromatic heterocycles. The SMILES string of the molecule is COc1cc(Br)ccc1C(=O)NC(C)c1ccccc1C. The van der Waals surface area contributed by atoms with Crippen molar-refractivity contribution in [2.24, 2.45) is 0 Å². The maximum atomic E-state index is 12.4. The van der Waals surface area contributed by atoms with Gasteiger partial charge in [0.05, 0.1) is 18.7 Å². The molecule has 0 bridgehead atoms. The van der Waals surface area contributed by atoms with Crippen LogP contribution in [0, 0.1) is 6.92 Å². The smallest absolute Gasteiger partial charge is 0.255 e. The van der Waals surface area contributed by atoms with E-state index in [-0.39, 0.29) is 11.9 Å². The first-order chi connectivity index (χ1) is 10.0. The number of hydrogen-bond acceptors (Lipinski definition) is 2. The largest absolute Gasteiger partial charge is 0.496 e. The van der Waals surface area contributed by atoms with E-state index < -0.39 is 0 Å². The minimum Gasteiger partial charge on any atom is -0.496 e. The second kappa shape index (κ2) is 6.76. The van der Waals surface area contributed by atoms with Gasteiger partial charge >= 0.3 is 0 Å². The molecule has 0 fully saturated rings. The van der Waals surface area contributed by atoms with E-state index in [1.165, 1.54) is 0 Å². The standard InChI is InChI=1S/C17H18BrNO2/c1-11-6-4-5-7-14(11)12(2)19-17(20)15-9-8-13(18)10-16(15)21-3/h4-10,12H,1-3H3,(H,19,20). The van der Waals surface area contributed by atoms with Gasteiger partial charge < -0.3 is 10.1 Å². The molecule has 1 atom stereocenters. The number of carbonyl (C=O) groups is 1. The zero-order chi connectivity index (χ0) is 15.4. The van der Waals surface area contributed by atoms with Crippen molar-refractivity contribution in [3.8, 4) is 5.75 Å². The lowest BCUT2D eigenvalue weighted by Gasteiger charge is -2.17. The summed E-state index contributed by atoms with van der Waals surface area (Å²) in [6, 6.07) is 13.3. The van der Waals surface area contributed by atoms with Gasteiger partial charge in [0.25, 0.3) is 5.91 Å². The average molecular weight is 348 g/mol. The molecule has 0 aliphatic carbocycles. The first-order valence-corrected chi connectivity index (χ1v) is 7.52. The van der Waals surface area contributed by atoms with Gasteiger partial charge in [0.1, 0.15) is 5.75 Å². The molecule has 1 N–H and O–H groups in total. The fraction of sp³-hybridized carbons (Fsp3) is 0.235. The van der Waals surface area contributed by atoms with Crippen LogP contribution in [-0.4, -0.2) is 13.0 Å². The molecule has 0 saturated heterocycles. The summed E-state index contributed by atoms with van der Waals surface area (Å²) in [6.45, 7) is 4.02. The van der Waals surface area contributed by atoms with Crippen LogP contribution in [0.2, 0.25) is 0 Å². The van der Waals surface area contributed by atoms with Gasteiger partial charge in [-0.15, -0.1) is 0 Å². The van der Waals surface area contributed by atoms with Crippen molar-refractivity contribution < 1.29 is 9.53 Å². The maximum Gasteiger partial charge on any atom is 0.255 e. The van der Waals surface area contributed by atoms with E-state index in [4.69, 9.17) is 4.74 Å². The zero-order valence-electron chi connectivity index (χ0n) is 12.3. The molecule has 0 radical (unpaired) electrons. The number of carbonyl (C=O) groups excluding carboxylic acids is 1. The fourth-order valence-electron chi connectivity index (χ4n) is 2.28. The van der Waals surface area contributed by atoms with E-state index in [1.54, 1.807) is 19.2 Å². The van der Waals surface area contributed by atoms with Crippen LogP contribution in [0.1, 0.15) is 34.5 Å². The molecule has 3 nitrogen and oxygen atoms in total. The highest BCUT2D eigenvalue weighted by Crippen LogP contribution is 2.24.